The number of nitrogens with two attached hydrogens (primary N) is 1. The molecule has 0 fully saturated rings. The van der Waals surface area contributed by atoms with Crippen molar-refractivity contribution >= 4 is 17.3 Å². The van der Waals surface area contributed by atoms with Crippen LogP contribution in [0.25, 0.3) is 0 Å². The highest BCUT2D eigenvalue weighted by atomic mass is 19.1. The van der Waals surface area contributed by atoms with Crippen LogP contribution in [-0.4, -0.2) is 21.9 Å². The molecule has 1 heterocycles. The summed E-state index contributed by atoms with van der Waals surface area (Å²) in [5, 5.41) is 13.3. The molecule has 29 heavy (non-hydrogen) atoms. The fraction of sp³-hybridized carbons (Fsp3) is 0.100. The molecule has 0 unspecified atom stereocenters. The molecule has 0 aliphatic carbocycles. The minimum Gasteiger partial charge on any atom is -0.439 e. The zero-order valence-corrected chi connectivity index (χ0v) is 15.1. The largest absolute Gasteiger partial charge is 0.439 e. The van der Waals surface area contributed by atoms with Crippen LogP contribution in [0.15, 0.2) is 66.9 Å². The van der Waals surface area contributed by atoms with E-state index in [2.05, 4.69) is 10.3 Å². The minimum atomic E-state index is -0.789. The second kappa shape index (κ2) is 8.89. The summed E-state index contributed by atoms with van der Waals surface area (Å²) in [6, 6.07) is 14.2. The van der Waals surface area contributed by atoms with Gasteiger partial charge in [0.25, 0.3) is 5.69 Å². The number of halogens is 1. The summed E-state index contributed by atoms with van der Waals surface area (Å²) in [6.07, 6.45) is 1.41. The lowest BCUT2D eigenvalue weighted by molar-refractivity contribution is -0.385. The summed E-state index contributed by atoms with van der Waals surface area (Å²) >= 11 is 0. The van der Waals surface area contributed by atoms with Gasteiger partial charge in [-0.3, -0.25) is 14.9 Å². The number of carbonyl (C=O) groups excluding carboxylic acids is 1. The van der Waals surface area contributed by atoms with E-state index in [1.54, 1.807) is 24.3 Å². The van der Waals surface area contributed by atoms with Crippen molar-refractivity contribution in [1.82, 2.24) is 4.98 Å². The van der Waals surface area contributed by atoms with Crippen molar-refractivity contribution in [3.63, 3.8) is 0 Å². The second-order valence-corrected chi connectivity index (χ2v) is 6.16. The number of rotatable bonds is 7. The molecule has 1 atom stereocenters. The van der Waals surface area contributed by atoms with Gasteiger partial charge in [-0.25, -0.2) is 9.37 Å². The molecule has 0 saturated heterocycles. The summed E-state index contributed by atoms with van der Waals surface area (Å²) < 4.78 is 18.4. The highest BCUT2D eigenvalue weighted by Crippen LogP contribution is 2.22. The average Bonchev–Trinajstić information content (AvgIpc) is 2.71. The molecule has 3 rings (SSSR count). The maximum Gasteiger partial charge on any atom is 0.287 e. The van der Waals surface area contributed by atoms with Crippen LogP contribution in [-0.2, 0) is 11.2 Å². The molecule has 0 aliphatic heterocycles. The highest BCUT2D eigenvalue weighted by molar-refractivity contribution is 5.94. The van der Waals surface area contributed by atoms with Gasteiger partial charge in [0.2, 0.25) is 11.8 Å². The molecule has 3 N–H and O–H groups in total. The molecule has 0 saturated carbocycles. The third-order valence-corrected chi connectivity index (χ3v) is 3.98. The Labute approximate surface area is 165 Å². The van der Waals surface area contributed by atoms with Crippen molar-refractivity contribution in [1.29, 1.82) is 0 Å². The third-order valence-electron chi connectivity index (χ3n) is 3.98. The molecule has 148 valence electrons. The number of nitrogens with zero attached hydrogens (tertiary/aromatic N) is 2. The van der Waals surface area contributed by atoms with Gasteiger partial charge in [0.1, 0.15) is 17.8 Å². The highest BCUT2D eigenvalue weighted by Gasteiger charge is 2.14. The van der Waals surface area contributed by atoms with E-state index in [9.17, 15) is 19.3 Å². The van der Waals surface area contributed by atoms with Gasteiger partial charge in [0.15, 0.2) is 0 Å². The van der Waals surface area contributed by atoms with Crippen LogP contribution in [0.5, 0.6) is 11.6 Å². The van der Waals surface area contributed by atoms with E-state index < -0.39 is 16.8 Å². The van der Waals surface area contributed by atoms with E-state index in [4.69, 9.17) is 10.5 Å². The SMILES string of the molecule is N[C@@H](Cc1ccc(Oc2ccc([N+](=O)[O-])cn2)cc1)C(=O)Nc1ccc(F)cc1. The number of amides is 1. The van der Waals surface area contributed by atoms with E-state index in [0.717, 1.165) is 11.8 Å². The lowest BCUT2D eigenvalue weighted by atomic mass is 10.1. The number of nitrogens with one attached hydrogen (secondary N) is 1. The van der Waals surface area contributed by atoms with Gasteiger partial charge >= 0.3 is 0 Å². The molecule has 9 heteroatoms. The fourth-order valence-electron chi connectivity index (χ4n) is 2.47. The summed E-state index contributed by atoms with van der Waals surface area (Å²) in [4.78, 5) is 26.1. The Morgan fingerprint density at radius 2 is 1.83 bits per heavy atom. The topological polar surface area (TPSA) is 120 Å². The van der Waals surface area contributed by atoms with Crippen molar-refractivity contribution in [3.8, 4) is 11.6 Å². The first-order chi connectivity index (χ1) is 13.9. The number of pyridine rings is 1. The normalized spacial score (nSPS) is 11.5. The van der Waals surface area contributed by atoms with Crippen LogP contribution in [0, 0.1) is 15.9 Å². The van der Waals surface area contributed by atoms with Gasteiger partial charge in [-0.2, -0.15) is 0 Å². The third kappa shape index (κ3) is 5.56. The Morgan fingerprint density at radius 1 is 1.14 bits per heavy atom. The van der Waals surface area contributed by atoms with Gasteiger partial charge in [-0.1, -0.05) is 12.1 Å². The number of hydrogen-bond donors (Lipinski definition) is 2. The predicted molar refractivity (Wildman–Crippen MR) is 104 cm³/mol. The number of nitro groups is 1. The molecule has 0 aliphatic rings. The van der Waals surface area contributed by atoms with Gasteiger partial charge < -0.3 is 15.8 Å². The first kappa shape index (κ1) is 19.9. The lowest BCUT2D eigenvalue weighted by Crippen LogP contribution is -2.37. The van der Waals surface area contributed by atoms with E-state index in [-0.39, 0.29) is 17.5 Å². The number of hydrogen-bond acceptors (Lipinski definition) is 6. The van der Waals surface area contributed by atoms with Crippen LogP contribution in [0.2, 0.25) is 0 Å². The molecular formula is C20H17FN4O4. The summed E-state index contributed by atoms with van der Waals surface area (Å²) in [6.45, 7) is 0. The van der Waals surface area contributed by atoms with Crippen molar-refractivity contribution in [2.45, 2.75) is 12.5 Å². The van der Waals surface area contributed by atoms with Crippen LogP contribution in [0.1, 0.15) is 5.56 Å². The number of aromatic nitrogens is 1. The Hall–Kier alpha value is -3.85. The molecule has 0 bridgehead atoms. The monoisotopic (exact) mass is 396 g/mol. The molecule has 1 aromatic heterocycles. The van der Waals surface area contributed by atoms with Crippen molar-refractivity contribution < 1.29 is 18.8 Å². The maximum absolute atomic E-state index is 12.9. The number of carbonyl (C=O) groups is 1. The zero-order valence-electron chi connectivity index (χ0n) is 15.1. The first-order valence-corrected chi connectivity index (χ1v) is 8.60. The predicted octanol–water partition coefficient (Wildman–Crippen LogP) is 3.43. The Morgan fingerprint density at radius 3 is 2.41 bits per heavy atom. The number of anilines is 1. The van der Waals surface area contributed by atoms with Gasteiger partial charge in [-0.15, -0.1) is 0 Å². The van der Waals surface area contributed by atoms with Gasteiger partial charge in [0, 0.05) is 17.8 Å². The van der Waals surface area contributed by atoms with Crippen molar-refractivity contribution in [3.05, 3.63) is 88.4 Å². The second-order valence-electron chi connectivity index (χ2n) is 6.16. The van der Waals surface area contributed by atoms with E-state index in [0.29, 0.717) is 17.9 Å². The molecule has 2 aromatic carbocycles. The standard InChI is InChI=1S/C20H17FN4O4/c21-14-3-5-15(6-4-14)24-20(26)18(22)11-13-1-8-17(9-2-13)29-19-10-7-16(12-23-19)25(27)28/h1-10,12,18H,11,22H2,(H,24,26)/t18-/m0/s1. The van der Waals surface area contributed by atoms with Gasteiger partial charge in [0.05, 0.1) is 11.0 Å². The summed E-state index contributed by atoms with van der Waals surface area (Å²) in [7, 11) is 0. The van der Waals surface area contributed by atoms with Crippen LogP contribution in [0.3, 0.4) is 0 Å². The van der Waals surface area contributed by atoms with E-state index in [1.807, 2.05) is 0 Å². The average molecular weight is 396 g/mol. The first-order valence-electron chi connectivity index (χ1n) is 8.60. The van der Waals surface area contributed by atoms with Gasteiger partial charge in [-0.05, 0) is 48.4 Å². The van der Waals surface area contributed by atoms with Crippen LogP contribution >= 0.6 is 0 Å². The van der Waals surface area contributed by atoms with E-state index >= 15 is 0 Å². The molecule has 0 radical (unpaired) electrons. The van der Waals surface area contributed by atoms with Crippen LogP contribution < -0.4 is 15.8 Å². The zero-order chi connectivity index (χ0) is 20.8. The maximum atomic E-state index is 12.9. The molecule has 3 aromatic rings. The number of benzene rings is 2. The smallest absolute Gasteiger partial charge is 0.287 e. The number of ether oxygens (including phenoxy) is 1. The summed E-state index contributed by atoms with van der Waals surface area (Å²) in [5.41, 5.74) is 7.10. The molecular weight excluding hydrogens is 379 g/mol. The lowest BCUT2D eigenvalue weighted by Gasteiger charge is -2.13. The quantitative estimate of drug-likeness (QED) is 0.466. The van der Waals surface area contributed by atoms with Crippen molar-refractivity contribution in [2.75, 3.05) is 5.32 Å². The van der Waals surface area contributed by atoms with Crippen molar-refractivity contribution in [2.24, 2.45) is 5.73 Å². The Balaban J connectivity index is 1.55. The Kier molecular flexibility index (Phi) is 6.10. The van der Waals surface area contributed by atoms with E-state index in [1.165, 1.54) is 36.4 Å². The minimum absolute atomic E-state index is 0.124. The summed E-state index contributed by atoms with van der Waals surface area (Å²) in [5.74, 6) is -0.0660. The van der Waals surface area contributed by atoms with Crippen LogP contribution in [0.4, 0.5) is 15.8 Å². The molecule has 8 nitrogen and oxygen atoms in total. The molecule has 0 spiro atoms. The molecule has 1 amide bonds. The fourth-order valence-corrected chi connectivity index (χ4v) is 2.47. The Bertz CT molecular complexity index is 992.